The Bertz CT molecular complexity index is 381. The van der Waals surface area contributed by atoms with E-state index in [9.17, 15) is 4.79 Å². The number of nitrogens with one attached hydrogen (secondary N) is 1. The maximum Gasteiger partial charge on any atom is 0.224 e. The van der Waals surface area contributed by atoms with Gasteiger partial charge >= 0.3 is 0 Å². The Balaban J connectivity index is 0.00000256. The number of carbonyl (C=O) groups excluding carboxylic acids is 1. The lowest BCUT2D eigenvalue weighted by molar-refractivity contribution is -0.121. The summed E-state index contributed by atoms with van der Waals surface area (Å²) in [5, 5.41) is 3.51. The first-order valence-corrected chi connectivity index (χ1v) is 5.56. The van der Waals surface area contributed by atoms with Gasteiger partial charge in [0.1, 0.15) is 0 Å². The quantitative estimate of drug-likeness (QED) is 0.886. The molecule has 0 fully saturated rings. The highest BCUT2D eigenvalue weighted by molar-refractivity contribution is 6.30. The van der Waals surface area contributed by atoms with Gasteiger partial charge < -0.3 is 11.1 Å². The number of hydrogen-bond acceptors (Lipinski definition) is 2. The van der Waals surface area contributed by atoms with Crippen LogP contribution < -0.4 is 11.1 Å². The number of rotatable bonds is 4. The van der Waals surface area contributed by atoms with E-state index in [0.717, 1.165) is 5.56 Å². The molecule has 5 heteroatoms. The Morgan fingerprint density at radius 1 is 1.47 bits per heavy atom. The van der Waals surface area contributed by atoms with Crippen LogP contribution in [0.1, 0.15) is 19.4 Å². The maximum absolute atomic E-state index is 11.7. The summed E-state index contributed by atoms with van der Waals surface area (Å²) in [4.78, 5) is 11.7. The van der Waals surface area contributed by atoms with Crippen LogP contribution >= 0.6 is 24.0 Å². The third-order valence-electron chi connectivity index (χ3n) is 2.24. The fourth-order valence-electron chi connectivity index (χ4n) is 1.30. The van der Waals surface area contributed by atoms with Gasteiger partial charge in [-0.05, 0) is 31.5 Å². The van der Waals surface area contributed by atoms with E-state index in [-0.39, 0.29) is 23.9 Å². The van der Waals surface area contributed by atoms with Crippen LogP contribution in [0.15, 0.2) is 24.3 Å². The van der Waals surface area contributed by atoms with Crippen molar-refractivity contribution < 1.29 is 4.79 Å². The number of hydrogen-bond donors (Lipinski definition) is 2. The SMILES string of the molecule is CC(C)(CN)NC(=O)Cc1cccc(Cl)c1.Cl. The van der Waals surface area contributed by atoms with Crippen molar-refractivity contribution in [2.45, 2.75) is 25.8 Å². The molecule has 0 unspecified atom stereocenters. The van der Waals surface area contributed by atoms with Crippen molar-refractivity contribution in [1.29, 1.82) is 0 Å². The number of amides is 1. The second-order valence-corrected chi connectivity index (χ2v) is 4.88. The molecule has 1 rings (SSSR count). The van der Waals surface area contributed by atoms with Crippen LogP contribution in [-0.4, -0.2) is 18.0 Å². The highest BCUT2D eigenvalue weighted by Crippen LogP contribution is 2.11. The number of carbonyl (C=O) groups is 1. The van der Waals surface area contributed by atoms with Crippen molar-refractivity contribution in [3.05, 3.63) is 34.9 Å². The summed E-state index contributed by atoms with van der Waals surface area (Å²) in [6.07, 6.45) is 0.323. The second-order valence-electron chi connectivity index (χ2n) is 4.44. The number of benzene rings is 1. The maximum atomic E-state index is 11.7. The van der Waals surface area contributed by atoms with Crippen molar-refractivity contribution >= 4 is 29.9 Å². The normalized spacial score (nSPS) is 10.6. The van der Waals surface area contributed by atoms with Gasteiger partial charge in [0.05, 0.1) is 6.42 Å². The first-order chi connectivity index (χ1) is 7.43. The van der Waals surface area contributed by atoms with E-state index in [1.165, 1.54) is 0 Å². The molecule has 1 amide bonds. The van der Waals surface area contributed by atoms with Gasteiger partial charge in [-0.2, -0.15) is 0 Å². The summed E-state index contributed by atoms with van der Waals surface area (Å²) in [6, 6.07) is 7.28. The summed E-state index contributed by atoms with van der Waals surface area (Å²) >= 11 is 5.84. The van der Waals surface area contributed by atoms with Gasteiger partial charge in [-0.3, -0.25) is 4.79 Å². The molecule has 0 aliphatic carbocycles. The Hall–Kier alpha value is -0.770. The monoisotopic (exact) mass is 276 g/mol. The van der Waals surface area contributed by atoms with Gasteiger partial charge in [-0.15, -0.1) is 12.4 Å². The average molecular weight is 277 g/mol. The Morgan fingerprint density at radius 2 is 2.12 bits per heavy atom. The average Bonchev–Trinajstić information content (AvgIpc) is 2.16. The fourth-order valence-corrected chi connectivity index (χ4v) is 1.52. The van der Waals surface area contributed by atoms with Gasteiger partial charge in [-0.1, -0.05) is 23.7 Å². The zero-order valence-electron chi connectivity index (χ0n) is 10.00. The number of nitrogens with two attached hydrogens (primary N) is 1. The Labute approximate surface area is 113 Å². The Morgan fingerprint density at radius 3 is 2.65 bits per heavy atom. The van der Waals surface area contributed by atoms with E-state index in [2.05, 4.69) is 5.32 Å². The van der Waals surface area contributed by atoms with E-state index in [1.54, 1.807) is 12.1 Å². The van der Waals surface area contributed by atoms with E-state index in [1.807, 2.05) is 26.0 Å². The molecule has 0 aliphatic rings. The summed E-state index contributed by atoms with van der Waals surface area (Å²) < 4.78 is 0. The standard InChI is InChI=1S/C12H17ClN2O.ClH/c1-12(2,8-14)15-11(16)7-9-4-3-5-10(13)6-9;/h3-6H,7-8,14H2,1-2H3,(H,15,16);1H. The highest BCUT2D eigenvalue weighted by Gasteiger charge is 2.18. The molecule has 0 aromatic heterocycles. The fraction of sp³-hybridized carbons (Fsp3) is 0.417. The van der Waals surface area contributed by atoms with Crippen molar-refractivity contribution in [3.8, 4) is 0 Å². The summed E-state index contributed by atoms with van der Waals surface area (Å²) in [6.45, 7) is 4.19. The van der Waals surface area contributed by atoms with Gasteiger partial charge in [0.25, 0.3) is 0 Å². The molecule has 0 radical (unpaired) electrons. The first-order valence-electron chi connectivity index (χ1n) is 5.18. The smallest absolute Gasteiger partial charge is 0.224 e. The van der Waals surface area contributed by atoms with Gasteiger partial charge in [-0.25, -0.2) is 0 Å². The van der Waals surface area contributed by atoms with Gasteiger partial charge in [0.15, 0.2) is 0 Å². The molecule has 0 saturated heterocycles. The van der Waals surface area contributed by atoms with Gasteiger partial charge in [0, 0.05) is 17.1 Å². The van der Waals surface area contributed by atoms with Gasteiger partial charge in [0.2, 0.25) is 5.91 Å². The summed E-state index contributed by atoms with van der Waals surface area (Å²) in [5.41, 5.74) is 6.07. The number of halogens is 2. The van der Waals surface area contributed by atoms with Crippen LogP contribution in [0.25, 0.3) is 0 Å². The lowest BCUT2D eigenvalue weighted by atomic mass is 10.1. The van der Waals surface area contributed by atoms with Crippen LogP contribution in [0.5, 0.6) is 0 Å². The molecule has 0 aliphatic heterocycles. The third kappa shape index (κ3) is 5.91. The molecule has 1 aromatic rings. The lowest BCUT2D eigenvalue weighted by Crippen LogP contribution is -2.49. The van der Waals surface area contributed by atoms with E-state index < -0.39 is 0 Å². The third-order valence-corrected chi connectivity index (χ3v) is 2.48. The van der Waals surface area contributed by atoms with Crippen LogP contribution in [0.3, 0.4) is 0 Å². The minimum atomic E-state index is -0.365. The molecule has 0 atom stereocenters. The van der Waals surface area contributed by atoms with Crippen LogP contribution in [-0.2, 0) is 11.2 Å². The predicted molar refractivity (Wildman–Crippen MR) is 73.7 cm³/mol. The predicted octanol–water partition coefficient (Wildman–Crippen LogP) is 2.16. The van der Waals surface area contributed by atoms with Crippen LogP contribution in [0.2, 0.25) is 5.02 Å². The molecule has 0 spiro atoms. The topological polar surface area (TPSA) is 55.1 Å². The zero-order chi connectivity index (χ0) is 12.2. The van der Waals surface area contributed by atoms with E-state index in [4.69, 9.17) is 17.3 Å². The van der Waals surface area contributed by atoms with E-state index >= 15 is 0 Å². The van der Waals surface area contributed by atoms with Crippen molar-refractivity contribution in [2.75, 3.05) is 6.54 Å². The molecular formula is C12H18Cl2N2O. The lowest BCUT2D eigenvalue weighted by Gasteiger charge is -2.24. The van der Waals surface area contributed by atoms with Crippen LogP contribution in [0, 0.1) is 0 Å². The highest BCUT2D eigenvalue weighted by atomic mass is 35.5. The molecule has 3 nitrogen and oxygen atoms in total. The van der Waals surface area contributed by atoms with Crippen LogP contribution in [0.4, 0.5) is 0 Å². The second kappa shape index (κ2) is 6.84. The summed E-state index contributed by atoms with van der Waals surface area (Å²) in [7, 11) is 0. The molecule has 17 heavy (non-hydrogen) atoms. The molecular weight excluding hydrogens is 259 g/mol. The summed E-state index contributed by atoms with van der Waals surface area (Å²) in [5.74, 6) is -0.0438. The minimum Gasteiger partial charge on any atom is -0.350 e. The molecule has 3 N–H and O–H groups in total. The molecule has 0 saturated carbocycles. The van der Waals surface area contributed by atoms with E-state index in [0.29, 0.717) is 18.0 Å². The van der Waals surface area contributed by atoms with Crippen molar-refractivity contribution in [1.82, 2.24) is 5.32 Å². The van der Waals surface area contributed by atoms with Crippen molar-refractivity contribution in [3.63, 3.8) is 0 Å². The largest absolute Gasteiger partial charge is 0.350 e. The molecule has 96 valence electrons. The molecule has 1 aromatic carbocycles. The minimum absolute atomic E-state index is 0. The first kappa shape index (κ1) is 16.2. The zero-order valence-corrected chi connectivity index (χ0v) is 11.6. The Kier molecular flexibility index (Phi) is 6.53. The molecule has 0 heterocycles. The molecule has 0 bridgehead atoms. The van der Waals surface area contributed by atoms with Crippen molar-refractivity contribution in [2.24, 2.45) is 5.73 Å².